The van der Waals surface area contributed by atoms with Crippen LogP contribution < -0.4 is 10.2 Å². The molecule has 0 bridgehead atoms. The number of H-pyrrole nitrogens is 1. The third kappa shape index (κ3) is 3.07. The number of aromatic nitrogens is 8. The van der Waals surface area contributed by atoms with Gasteiger partial charge in [0.05, 0.1) is 42.6 Å². The second-order valence-electron chi connectivity index (χ2n) is 6.27. The maximum absolute atomic E-state index is 13.0. The number of thiazole rings is 1. The number of halogens is 1. The lowest BCUT2D eigenvalue weighted by Crippen LogP contribution is -2.25. The monoisotopic (exact) mass is 398 g/mol. The van der Waals surface area contributed by atoms with Gasteiger partial charge < -0.3 is 10.2 Å². The van der Waals surface area contributed by atoms with Gasteiger partial charge in [0.1, 0.15) is 11.5 Å². The van der Waals surface area contributed by atoms with Crippen LogP contribution in [-0.4, -0.2) is 46.7 Å². The second kappa shape index (κ2) is 6.64. The SMILES string of the molecule is Cn1ncc(CN2CCc3sc(Nc4ncc(F)cn4)nc3-c3cn[nH]c32)n1. The third-order valence-corrected chi connectivity index (χ3v) is 5.37. The van der Waals surface area contributed by atoms with E-state index < -0.39 is 5.82 Å². The summed E-state index contributed by atoms with van der Waals surface area (Å²) in [6.07, 6.45) is 6.60. The van der Waals surface area contributed by atoms with Gasteiger partial charge in [0.25, 0.3) is 0 Å². The number of hydrogen-bond donors (Lipinski definition) is 2. The molecule has 0 amide bonds. The highest BCUT2D eigenvalue weighted by Crippen LogP contribution is 2.39. The van der Waals surface area contributed by atoms with Crippen LogP contribution in [0, 0.1) is 5.82 Å². The van der Waals surface area contributed by atoms with Gasteiger partial charge in [-0.05, 0) is 0 Å². The molecule has 0 atom stereocenters. The molecule has 4 aromatic rings. The average molecular weight is 398 g/mol. The first-order chi connectivity index (χ1) is 13.7. The van der Waals surface area contributed by atoms with E-state index in [0.29, 0.717) is 17.6 Å². The van der Waals surface area contributed by atoms with Crippen LogP contribution in [0.4, 0.5) is 21.3 Å². The zero-order chi connectivity index (χ0) is 19.1. The van der Waals surface area contributed by atoms with Gasteiger partial charge in [-0.1, -0.05) is 0 Å². The number of nitrogens with zero attached hydrogens (tertiary/aromatic N) is 8. The van der Waals surface area contributed by atoms with E-state index in [1.54, 1.807) is 24.2 Å². The Morgan fingerprint density at radius 1 is 1.25 bits per heavy atom. The maximum Gasteiger partial charge on any atom is 0.229 e. The van der Waals surface area contributed by atoms with Crippen molar-refractivity contribution in [2.75, 3.05) is 16.8 Å². The van der Waals surface area contributed by atoms with Crippen LogP contribution >= 0.6 is 11.3 Å². The van der Waals surface area contributed by atoms with Crippen molar-refractivity contribution in [3.63, 3.8) is 0 Å². The maximum atomic E-state index is 13.0. The number of aryl methyl sites for hydroxylation is 1. The fraction of sp³-hybridized carbons (Fsp3) is 0.250. The molecule has 0 fully saturated rings. The molecule has 5 heterocycles. The largest absolute Gasteiger partial charge is 0.350 e. The Labute approximate surface area is 162 Å². The van der Waals surface area contributed by atoms with E-state index in [1.165, 1.54) is 11.3 Å². The lowest BCUT2D eigenvalue weighted by molar-refractivity contribution is 0.614. The van der Waals surface area contributed by atoms with E-state index in [2.05, 4.69) is 40.6 Å². The fourth-order valence-electron chi connectivity index (χ4n) is 3.11. The van der Waals surface area contributed by atoms with E-state index >= 15 is 0 Å². The van der Waals surface area contributed by atoms with Gasteiger partial charge in [-0.25, -0.2) is 19.3 Å². The molecule has 0 aliphatic carbocycles. The van der Waals surface area contributed by atoms with E-state index in [4.69, 9.17) is 4.98 Å². The second-order valence-corrected chi connectivity index (χ2v) is 7.35. The molecular weight excluding hydrogens is 383 g/mol. The zero-order valence-corrected chi connectivity index (χ0v) is 15.6. The lowest BCUT2D eigenvalue weighted by Gasteiger charge is -2.20. The Hall–Kier alpha value is -3.41. The minimum Gasteiger partial charge on any atom is -0.350 e. The van der Waals surface area contributed by atoms with Gasteiger partial charge >= 0.3 is 0 Å². The number of hydrogen-bond acceptors (Lipinski definition) is 9. The van der Waals surface area contributed by atoms with E-state index in [1.807, 2.05) is 0 Å². The highest BCUT2D eigenvalue weighted by Gasteiger charge is 2.26. The van der Waals surface area contributed by atoms with Crippen molar-refractivity contribution < 1.29 is 4.39 Å². The van der Waals surface area contributed by atoms with Gasteiger partial charge in [-0.15, -0.1) is 11.3 Å². The number of nitrogens with one attached hydrogen (secondary N) is 2. The first-order valence-electron chi connectivity index (χ1n) is 8.54. The Balaban J connectivity index is 1.43. The van der Waals surface area contributed by atoms with Crippen molar-refractivity contribution >= 4 is 28.2 Å². The smallest absolute Gasteiger partial charge is 0.229 e. The van der Waals surface area contributed by atoms with Crippen LogP contribution in [0.3, 0.4) is 0 Å². The first kappa shape index (κ1) is 16.7. The quantitative estimate of drug-likeness (QED) is 0.536. The predicted molar refractivity (Wildman–Crippen MR) is 101 cm³/mol. The predicted octanol–water partition coefficient (Wildman–Crippen LogP) is 1.90. The molecule has 142 valence electrons. The molecule has 0 radical (unpaired) electrons. The van der Waals surface area contributed by atoms with Crippen molar-refractivity contribution in [2.24, 2.45) is 7.05 Å². The zero-order valence-electron chi connectivity index (χ0n) is 14.8. The van der Waals surface area contributed by atoms with Gasteiger partial charge in [0.15, 0.2) is 10.9 Å². The Morgan fingerprint density at radius 3 is 2.89 bits per heavy atom. The van der Waals surface area contributed by atoms with Crippen LogP contribution in [-0.2, 0) is 20.0 Å². The standard InChI is InChI=1S/C16H15FN10S/c1-26-21-6-10(25-26)8-27-3-2-12-13(11-7-20-24-14(11)27)22-16(28-12)23-15-18-4-9(17)5-19-15/h4-7H,2-3,8H2,1H3,(H,20,24)(H,18,19,22,23). The summed E-state index contributed by atoms with van der Waals surface area (Å²) in [6, 6.07) is 0. The molecule has 1 aliphatic heterocycles. The Bertz CT molecular complexity index is 1110. The van der Waals surface area contributed by atoms with Gasteiger partial charge in [0, 0.05) is 24.9 Å². The van der Waals surface area contributed by atoms with Crippen LogP contribution in [0.5, 0.6) is 0 Å². The molecule has 1 aliphatic rings. The van der Waals surface area contributed by atoms with E-state index in [0.717, 1.165) is 53.0 Å². The summed E-state index contributed by atoms with van der Waals surface area (Å²) in [5.41, 5.74) is 2.69. The number of rotatable bonds is 4. The van der Waals surface area contributed by atoms with E-state index in [-0.39, 0.29) is 0 Å². The number of fused-ring (bicyclic) bond motifs is 3. The van der Waals surface area contributed by atoms with Crippen LogP contribution in [0.25, 0.3) is 11.3 Å². The van der Waals surface area contributed by atoms with Crippen molar-refractivity contribution in [3.8, 4) is 11.3 Å². The summed E-state index contributed by atoms with van der Waals surface area (Å²) >= 11 is 1.53. The van der Waals surface area contributed by atoms with Crippen LogP contribution in [0.2, 0.25) is 0 Å². The summed E-state index contributed by atoms with van der Waals surface area (Å²) in [6.45, 7) is 1.42. The highest BCUT2D eigenvalue weighted by molar-refractivity contribution is 7.16. The lowest BCUT2D eigenvalue weighted by atomic mass is 10.2. The molecule has 4 aromatic heterocycles. The summed E-state index contributed by atoms with van der Waals surface area (Å²) in [4.78, 5) is 17.4. The summed E-state index contributed by atoms with van der Waals surface area (Å²) in [7, 11) is 1.80. The fourth-order valence-corrected chi connectivity index (χ4v) is 4.07. The molecule has 0 unspecified atom stereocenters. The van der Waals surface area contributed by atoms with Crippen LogP contribution in [0.1, 0.15) is 10.6 Å². The van der Waals surface area contributed by atoms with Crippen molar-refractivity contribution in [3.05, 3.63) is 41.2 Å². The minimum atomic E-state index is -0.480. The van der Waals surface area contributed by atoms with Gasteiger partial charge in [0.2, 0.25) is 5.95 Å². The van der Waals surface area contributed by atoms with Crippen LogP contribution in [0.15, 0.2) is 24.8 Å². The third-order valence-electron chi connectivity index (χ3n) is 4.34. The van der Waals surface area contributed by atoms with Gasteiger partial charge in [-0.2, -0.15) is 20.1 Å². The minimum absolute atomic E-state index is 0.307. The van der Waals surface area contributed by atoms with Crippen molar-refractivity contribution in [1.29, 1.82) is 0 Å². The molecule has 5 rings (SSSR count). The highest BCUT2D eigenvalue weighted by atomic mass is 32.1. The molecule has 28 heavy (non-hydrogen) atoms. The van der Waals surface area contributed by atoms with Gasteiger partial charge in [-0.3, -0.25) is 5.10 Å². The number of anilines is 3. The Kier molecular flexibility index (Phi) is 3.97. The number of aromatic amines is 1. The molecule has 0 saturated carbocycles. The average Bonchev–Trinajstić information content (AvgIpc) is 3.39. The normalized spacial score (nSPS) is 13.1. The summed E-state index contributed by atoms with van der Waals surface area (Å²) in [5, 5.41) is 19.5. The molecule has 12 heteroatoms. The first-order valence-corrected chi connectivity index (χ1v) is 9.35. The van der Waals surface area contributed by atoms with Crippen molar-refractivity contribution in [1.82, 2.24) is 40.1 Å². The molecule has 0 spiro atoms. The molecule has 2 N–H and O–H groups in total. The molecule has 0 saturated heterocycles. The Morgan fingerprint density at radius 2 is 2.11 bits per heavy atom. The molecule has 10 nitrogen and oxygen atoms in total. The van der Waals surface area contributed by atoms with Crippen molar-refractivity contribution in [2.45, 2.75) is 13.0 Å². The van der Waals surface area contributed by atoms with E-state index in [9.17, 15) is 4.39 Å². The summed E-state index contributed by atoms with van der Waals surface area (Å²) in [5.74, 6) is 0.730. The molecule has 0 aromatic carbocycles. The summed E-state index contributed by atoms with van der Waals surface area (Å²) < 4.78 is 13.0. The topological polar surface area (TPSA) is 113 Å². The molecular formula is C16H15FN10S.